The minimum atomic E-state index is 0.0872. The third kappa shape index (κ3) is 2.50. The van der Waals surface area contributed by atoms with Crippen molar-refractivity contribution in [2.24, 2.45) is 4.99 Å². The summed E-state index contributed by atoms with van der Waals surface area (Å²) in [5, 5.41) is 0. The summed E-state index contributed by atoms with van der Waals surface area (Å²) in [6, 6.07) is 8.36. The normalized spacial score (nSPS) is 19.8. The van der Waals surface area contributed by atoms with Gasteiger partial charge in [0.25, 0.3) is 0 Å². The van der Waals surface area contributed by atoms with E-state index in [1.54, 1.807) is 28.4 Å². The number of hydrogen-bond donors (Lipinski definition) is 0. The molecule has 26 heavy (non-hydrogen) atoms. The second-order valence-electron chi connectivity index (χ2n) is 6.61. The molecule has 5 nitrogen and oxygen atoms in total. The van der Waals surface area contributed by atoms with E-state index in [-0.39, 0.29) is 6.04 Å². The van der Waals surface area contributed by atoms with Crippen molar-refractivity contribution in [2.75, 3.05) is 28.4 Å². The molecule has 1 aliphatic carbocycles. The zero-order valence-electron chi connectivity index (χ0n) is 15.5. The maximum atomic E-state index is 5.51. The van der Waals surface area contributed by atoms with Crippen LogP contribution < -0.4 is 18.9 Å². The molecule has 1 aliphatic heterocycles. The van der Waals surface area contributed by atoms with Gasteiger partial charge in [0.2, 0.25) is 0 Å². The number of nitrogens with zero attached hydrogens (tertiary/aromatic N) is 1. The molecule has 4 rings (SSSR count). The molecule has 0 unspecified atom stereocenters. The smallest absolute Gasteiger partial charge is 0.161 e. The topological polar surface area (TPSA) is 49.3 Å². The molecule has 0 spiro atoms. The molecule has 2 aliphatic rings. The van der Waals surface area contributed by atoms with Gasteiger partial charge in [0.1, 0.15) is 0 Å². The molecule has 0 saturated carbocycles. The van der Waals surface area contributed by atoms with Gasteiger partial charge in [0.05, 0.1) is 34.5 Å². The molecule has 5 heteroatoms. The van der Waals surface area contributed by atoms with Crippen molar-refractivity contribution in [1.29, 1.82) is 0 Å². The maximum absolute atomic E-state index is 5.51. The summed E-state index contributed by atoms with van der Waals surface area (Å²) in [6.45, 7) is 0. The number of aliphatic imine (C=N–C) groups is 1. The van der Waals surface area contributed by atoms with Crippen LogP contribution in [0, 0.1) is 0 Å². The van der Waals surface area contributed by atoms with E-state index in [2.05, 4.69) is 18.2 Å². The predicted octanol–water partition coefficient (Wildman–Crippen LogP) is 3.92. The summed E-state index contributed by atoms with van der Waals surface area (Å²) in [4.78, 5) is 4.88. The average molecular weight is 353 g/mol. The fourth-order valence-corrected chi connectivity index (χ4v) is 4.13. The molecule has 0 fully saturated rings. The molecule has 0 N–H and O–H groups in total. The van der Waals surface area contributed by atoms with Gasteiger partial charge in [-0.05, 0) is 59.4 Å². The predicted molar refractivity (Wildman–Crippen MR) is 100 cm³/mol. The van der Waals surface area contributed by atoms with Crippen molar-refractivity contribution in [1.82, 2.24) is 0 Å². The van der Waals surface area contributed by atoms with Crippen LogP contribution in [0.2, 0.25) is 0 Å². The second-order valence-corrected chi connectivity index (χ2v) is 6.61. The fraction of sp³-hybridized carbons (Fsp3) is 0.381. The fourth-order valence-electron chi connectivity index (χ4n) is 4.13. The third-order valence-corrected chi connectivity index (χ3v) is 5.43. The van der Waals surface area contributed by atoms with Gasteiger partial charge in [0.15, 0.2) is 23.0 Å². The van der Waals surface area contributed by atoms with Gasteiger partial charge in [-0.2, -0.15) is 0 Å². The number of methoxy groups -OCH3 is 4. The van der Waals surface area contributed by atoms with Gasteiger partial charge in [-0.15, -0.1) is 0 Å². The molecule has 136 valence electrons. The van der Waals surface area contributed by atoms with Crippen molar-refractivity contribution < 1.29 is 18.9 Å². The number of benzene rings is 2. The SMILES string of the molecule is COc1cc2c(cc1OC)[C@@H]1CCc3cc(OC)c(OC)cc3[C@H]1N=C2. The van der Waals surface area contributed by atoms with Crippen LogP contribution in [0.25, 0.3) is 0 Å². The lowest BCUT2D eigenvalue weighted by Crippen LogP contribution is -2.22. The Labute approximate surface area is 153 Å². The first kappa shape index (κ1) is 16.8. The quantitative estimate of drug-likeness (QED) is 0.836. The average Bonchev–Trinajstić information content (AvgIpc) is 2.70. The minimum Gasteiger partial charge on any atom is -0.493 e. The zero-order chi connectivity index (χ0) is 18.3. The summed E-state index contributed by atoms with van der Waals surface area (Å²) in [6.07, 6.45) is 3.97. The Bertz CT molecular complexity index is 875. The van der Waals surface area contributed by atoms with E-state index in [9.17, 15) is 0 Å². The molecule has 2 aromatic rings. The zero-order valence-corrected chi connectivity index (χ0v) is 15.5. The first-order chi connectivity index (χ1) is 12.7. The third-order valence-electron chi connectivity index (χ3n) is 5.43. The Morgan fingerprint density at radius 3 is 2.00 bits per heavy atom. The van der Waals surface area contributed by atoms with E-state index < -0.39 is 0 Å². The molecule has 0 amide bonds. The highest BCUT2D eigenvalue weighted by atomic mass is 16.5. The molecule has 1 heterocycles. The maximum Gasteiger partial charge on any atom is 0.161 e. The molecule has 0 saturated heterocycles. The Hall–Kier alpha value is -2.69. The first-order valence-corrected chi connectivity index (χ1v) is 8.74. The van der Waals surface area contributed by atoms with E-state index in [1.807, 2.05) is 12.3 Å². The van der Waals surface area contributed by atoms with Gasteiger partial charge in [0, 0.05) is 12.1 Å². The van der Waals surface area contributed by atoms with E-state index in [1.165, 1.54) is 16.7 Å². The van der Waals surface area contributed by atoms with E-state index in [0.717, 1.165) is 41.4 Å². The van der Waals surface area contributed by atoms with E-state index in [0.29, 0.717) is 5.92 Å². The van der Waals surface area contributed by atoms with Gasteiger partial charge in [-0.1, -0.05) is 0 Å². The van der Waals surface area contributed by atoms with Crippen LogP contribution in [0.4, 0.5) is 0 Å². The Morgan fingerprint density at radius 2 is 1.35 bits per heavy atom. The number of rotatable bonds is 4. The van der Waals surface area contributed by atoms with Crippen molar-refractivity contribution in [3.63, 3.8) is 0 Å². The lowest BCUT2D eigenvalue weighted by molar-refractivity contribution is 0.350. The Balaban J connectivity index is 1.81. The van der Waals surface area contributed by atoms with Crippen molar-refractivity contribution in [3.05, 3.63) is 46.5 Å². The standard InChI is InChI=1S/C21H23NO4/c1-23-17-7-12-5-6-14-15-9-19(25-3)18(24-2)8-13(15)11-22-21(14)16(12)10-20(17)26-4/h7-11,14,21H,5-6H2,1-4H3/t14-,21-/m0/s1. The second kappa shape index (κ2) is 6.56. The summed E-state index contributed by atoms with van der Waals surface area (Å²) >= 11 is 0. The number of ether oxygens (including phenoxy) is 4. The largest absolute Gasteiger partial charge is 0.493 e. The molecular weight excluding hydrogens is 330 g/mol. The molecule has 2 atom stereocenters. The summed E-state index contributed by atoms with van der Waals surface area (Å²) < 4.78 is 21.9. The minimum absolute atomic E-state index is 0.0872. The van der Waals surface area contributed by atoms with Crippen LogP contribution in [0.5, 0.6) is 23.0 Å². The van der Waals surface area contributed by atoms with Crippen LogP contribution >= 0.6 is 0 Å². The lowest BCUT2D eigenvalue weighted by atomic mass is 9.74. The van der Waals surface area contributed by atoms with E-state index in [4.69, 9.17) is 23.9 Å². The number of hydrogen-bond acceptors (Lipinski definition) is 5. The van der Waals surface area contributed by atoms with Crippen LogP contribution in [-0.2, 0) is 6.42 Å². The van der Waals surface area contributed by atoms with Crippen LogP contribution in [-0.4, -0.2) is 34.7 Å². The summed E-state index contributed by atoms with van der Waals surface area (Å²) in [7, 11) is 6.67. The molecular formula is C21H23NO4. The first-order valence-electron chi connectivity index (χ1n) is 8.74. The van der Waals surface area contributed by atoms with Gasteiger partial charge >= 0.3 is 0 Å². The van der Waals surface area contributed by atoms with Crippen LogP contribution in [0.3, 0.4) is 0 Å². The van der Waals surface area contributed by atoms with Crippen LogP contribution in [0.1, 0.15) is 40.6 Å². The molecule has 0 bridgehead atoms. The highest BCUT2D eigenvalue weighted by Crippen LogP contribution is 2.50. The lowest BCUT2D eigenvalue weighted by Gasteiger charge is -2.35. The Kier molecular flexibility index (Phi) is 4.23. The van der Waals surface area contributed by atoms with Crippen molar-refractivity contribution >= 4 is 6.21 Å². The summed E-state index contributed by atoms with van der Waals surface area (Å²) in [5.74, 6) is 3.34. The molecule has 2 aromatic carbocycles. The van der Waals surface area contributed by atoms with Crippen molar-refractivity contribution in [3.8, 4) is 23.0 Å². The monoisotopic (exact) mass is 353 g/mol. The molecule has 0 radical (unpaired) electrons. The van der Waals surface area contributed by atoms with Crippen molar-refractivity contribution in [2.45, 2.75) is 24.8 Å². The highest BCUT2D eigenvalue weighted by molar-refractivity contribution is 5.85. The number of fused-ring (bicyclic) bond motifs is 5. The van der Waals surface area contributed by atoms with Gasteiger partial charge in [-0.3, -0.25) is 4.99 Å². The summed E-state index contributed by atoms with van der Waals surface area (Å²) in [5.41, 5.74) is 4.87. The van der Waals surface area contributed by atoms with Crippen LogP contribution in [0.15, 0.2) is 29.3 Å². The molecule has 0 aromatic heterocycles. The Morgan fingerprint density at radius 1 is 0.769 bits per heavy atom. The van der Waals surface area contributed by atoms with Gasteiger partial charge < -0.3 is 18.9 Å². The van der Waals surface area contributed by atoms with Gasteiger partial charge in [-0.25, -0.2) is 0 Å². The van der Waals surface area contributed by atoms with E-state index >= 15 is 0 Å². The highest BCUT2D eigenvalue weighted by Gasteiger charge is 2.35. The number of aryl methyl sites for hydroxylation is 1.